The molecule has 5 heteroatoms. The predicted octanol–water partition coefficient (Wildman–Crippen LogP) is 0.237. The van der Waals surface area contributed by atoms with Crippen molar-refractivity contribution in [2.45, 2.75) is 12.5 Å². The van der Waals surface area contributed by atoms with Gasteiger partial charge >= 0.3 is 0 Å². The van der Waals surface area contributed by atoms with Gasteiger partial charge in [-0.25, -0.2) is 5.01 Å². The van der Waals surface area contributed by atoms with Crippen molar-refractivity contribution in [2.75, 3.05) is 32.8 Å². The van der Waals surface area contributed by atoms with E-state index in [4.69, 9.17) is 4.74 Å². The van der Waals surface area contributed by atoms with Crippen LogP contribution in [0.25, 0.3) is 0 Å². The second-order valence-corrected chi connectivity index (χ2v) is 4.96. The van der Waals surface area contributed by atoms with Gasteiger partial charge in [-0.2, -0.15) is 0 Å². The lowest BCUT2D eigenvalue weighted by Gasteiger charge is -2.31. The summed E-state index contributed by atoms with van der Waals surface area (Å²) in [6.07, 6.45) is 0. The van der Waals surface area contributed by atoms with Crippen molar-refractivity contribution >= 4 is 5.91 Å². The van der Waals surface area contributed by atoms with Crippen LogP contribution in [-0.2, 0) is 16.1 Å². The molecule has 1 saturated heterocycles. The van der Waals surface area contributed by atoms with E-state index < -0.39 is 0 Å². The molecule has 3 rings (SSSR count). The Hall–Kier alpha value is -1.43. The summed E-state index contributed by atoms with van der Waals surface area (Å²) in [6.45, 7) is 4.42. The molecule has 1 fully saturated rings. The molecule has 2 aliphatic rings. The molecule has 0 radical (unpaired) electrons. The van der Waals surface area contributed by atoms with Crippen LogP contribution in [-0.4, -0.2) is 43.8 Å². The number of amides is 1. The molecular formula is C14H19N3O2. The van der Waals surface area contributed by atoms with Gasteiger partial charge in [0.15, 0.2) is 0 Å². The number of benzene rings is 1. The number of hydrogen-bond donors (Lipinski definition) is 2. The van der Waals surface area contributed by atoms with Crippen LogP contribution < -0.4 is 10.7 Å². The number of nitrogens with one attached hydrogen (secondary N) is 2. The van der Waals surface area contributed by atoms with Gasteiger partial charge in [-0.1, -0.05) is 24.3 Å². The van der Waals surface area contributed by atoms with Crippen LogP contribution >= 0.6 is 0 Å². The predicted molar refractivity (Wildman–Crippen MR) is 71.4 cm³/mol. The van der Waals surface area contributed by atoms with Gasteiger partial charge in [-0.15, -0.1) is 0 Å². The lowest BCUT2D eigenvalue weighted by molar-refractivity contribution is -0.129. The summed E-state index contributed by atoms with van der Waals surface area (Å²) in [4.78, 5) is 12.4. The molecule has 1 atom stereocenters. The van der Waals surface area contributed by atoms with Crippen molar-refractivity contribution in [3.05, 3.63) is 35.4 Å². The first-order chi connectivity index (χ1) is 9.34. The Morgan fingerprint density at radius 2 is 2.11 bits per heavy atom. The summed E-state index contributed by atoms with van der Waals surface area (Å²) in [6, 6.07) is 8.15. The van der Waals surface area contributed by atoms with Gasteiger partial charge in [-0.05, 0) is 11.1 Å². The summed E-state index contributed by atoms with van der Waals surface area (Å²) in [7, 11) is 0. The maximum Gasteiger partial charge on any atom is 0.243 e. The smallest absolute Gasteiger partial charge is 0.243 e. The molecule has 1 aromatic carbocycles. The molecule has 1 unspecified atom stereocenters. The number of hydrazine groups is 1. The molecule has 1 amide bonds. The molecule has 2 aliphatic heterocycles. The maximum atomic E-state index is 12.4. The number of ether oxygens (including phenoxy) is 1. The van der Waals surface area contributed by atoms with Crippen molar-refractivity contribution in [3.63, 3.8) is 0 Å². The third-order valence-corrected chi connectivity index (χ3v) is 3.69. The lowest BCUT2D eigenvalue weighted by Crippen LogP contribution is -2.51. The molecule has 102 valence electrons. The minimum atomic E-state index is -0.104. The SMILES string of the molecule is O=C(NN1CCOCC1)C1CNCc2ccccc21. The fourth-order valence-corrected chi connectivity index (χ4v) is 2.64. The van der Waals surface area contributed by atoms with E-state index in [0.717, 1.165) is 25.2 Å². The van der Waals surface area contributed by atoms with E-state index in [1.165, 1.54) is 5.56 Å². The van der Waals surface area contributed by atoms with Gasteiger partial charge in [0.2, 0.25) is 5.91 Å². The highest BCUT2D eigenvalue weighted by atomic mass is 16.5. The molecule has 5 nitrogen and oxygen atoms in total. The number of nitrogens with zero attached hydrogens (tertiary/aromatic N) is 1. The van der Waals surface area contributed by atoms with Gasteiger partial charge in [0.25, 0.3) is 0 Å². The summed E-state index contributed by atoms with van der Waals surface area (Å²) in [5.41, 5.74) is 5.37. The fraction of sp³-hybridized carbons (Fsp3) is 0.500. The minimum Gasteiger partial charge on any atom is -0.379 e. The Morgan fingerprint density at radius 1 is 1.32 bits per heavy atom. The number of fused-ring (bicyclic) bond motifs is 1. The van der Waals surface area contributed by atoms with E-state index >= 15 is 0 Å². The Kier molecular flexibility index (Phi) is 3.77. The molecule has 0 aliphatic carbocycles. The van der Waals surface area contributed by atoms with E-state index in [2.05, 4.69) is 22.9 Å². The van der Waals surface area contributed by atoms with Crippen LogP contribution in [0.1, 0.15) is 17.0 Å². The first-order valence-corrected chi connectivity index (χ1v) is 6.76. The quantitative estimate of drug-likeness (QED) is 0.800. The number of hydrogen-bond acceptors (Lipinski definition) is 4. The number of carbonyl (C=O) groups is 1. The summed E-state index contributed by atoms with van der Waals surface area (Å²) < 4.78 is 5.28. The zero-order valence-electron chi connectivity index (χ0n) is 10.9. The molecule has 0 saturated carbocycles. The van der Waals surface area contributed by atoms with Crippen molar-refractivity contribution < 1.29 is 9.53 Å². The highest BCUT2D eigenvalue weighted by Crippen LogP contribution is 2.23. The largest absolute Gasteiger partial charge is 0.379 e. The van der Waals surface area contributed by atoms with Crippen molar-refractivity contribution in [2.24, 2.45) is 0 Å². The molecule has 0 bridgehead atoms. The average molecular weight is 261 g/mol. The Morgan fingerprint density at radius 3 is 2.95 bits per heavy atom. The van der Waals surface area contributed by atoms with Crippen LogP contribution in [0.4, 0.5) is 0 Å². The van der Waals surface area contributed by atoms with Crippen molar-refractivity contribution in [1.29, 1.82) is 0 Å². The normalized spacial score (nSPS) is 23.7. The standard InChI is InChI=1S/C14H19N3O2/c18-14(16-17-5-7-19-8-6-17)13-10-15-9-11-3-1-2-4-12(11)13/h1-4,13,15H,5-10H2,(H,16,18). The molecule has 2 N–H and O–H groups in total. The van der Waals surface area contributed by atoms with Gasteiger partial charge < -0.3 is 10.1 Å². The van der Waals surface area contributed by atoms with E-state index in [1.54, 1.807) is 0 Å². The Bertz CT molecular complexity index is 458. The second-order valence-electron chi connectivity index (χ2n) is 4.96. The van der Waals surface area contributed by atoms with Gasteiger partial charge in [0, 0.05) is 26.2 Å². The Labute approximate surface area is 112 Å². The van der Waals surface area contributed by atoms with Gasteiger partial charge in [0.05, 0.1) is 19.1 Å². The average Bonchev–Trinajstić information content (AvgIpc) is 2.47. The van der Waals surface area contributed by atoms with Gasteiger partial charge in [-0.3, -0.25) is 10.2 Å². The summed E-state index contributed by atoms with van der Waals surface area (Å²) >= 11 is 0. The summed E-state index contributed by atoms with van der Waals surface area (Å²) in [5, 5.41) is 5.25. The minimum absolute atomic E-state index is 0.0709. The van der Waals surface area contributed by atoms with Crippen LogP contribution in [0.2, 0.25) is 0 Å². The molecule has 1 aromatic rings. The molecular weight excluding hydrogens is 242 g/mol. The van der Waals surface area contributed by atoms with Crippen LogP contribution in [0.3, 0.4) is 0 Å². The van der Waals surface area contributed by atoms with E-state index in [9.17, 15) is 4.79 Å². The summed E-state index contributed by atoms with van der Waals surface area (Å²) in [5.74, 6) is -0.0330. The fourth-order valence-electron chi connectivity index (χ4n) is 2.64. The van der Waals surface area contributed by atoms with Crippen LogP contribution in [0.5, 0.6) is 0 Å². The highest BCUT2D eigenvalue weighted by molar-refractivity contribution is 5.84. The third-order valence-electron chi connectivity index (χ3n) is 3.69. The number of carbonyl (C=O) groups excluding carboxylic acids is 1. The maximum absolute atomic E-state index is 12.4. The monoisotopic (exact) mass is 261 g/mol. The molecule has 19 heavy (non-hydrogen) atoms. The lowest BCUT2D eigenvalue weighted by atomic mass is 9.90. The molecule has 0 spiro atoms. The van der Waals surface area contributed by atoms with Crippen LogP contribution in [0, 0.1) is 0 Å². The number of rotatable bonds is 2. The van der Waals surface area contributed by atoms with Crippen molar-refractivity contribution in [1.82, 2.24) is 15.8 Å². The molecule has 0 aromatic heterocycles. The third kappa shape index (κ3) is 2.78. The van der Waals surface area contributed by atoms with Crippen molar-refractivity contribution in [3.8, 4) is 0 Å². The van der Waals surface area contributed by atoms with E-state index in [-0.39, 0.29) is 11.8 Å². The molecule has 2 heterocycles. The second kappa shape index (κ2) is 5.69. The highest BCUT2D eigenvalue weighted by Gasteiger charge is 2.27. The van der Waals surface area contributed by atoms with Gasteiger partial charge in [0.1, 0.15) is 0 Å². The van der Waals surface area contributed by atoms with Crippen LogP contribution in [0.15, 0.2) is 24.3 Å². The topological polar surface area (TPSA) is 53.6 Å². The van der Waals surface area contributed by atoms with E-state index in [0.29, 0.717) is 19.8 Å². The first-order valence-electron chi connectivity index (χ1n) is 6.76. The zero-order valence-corrected chi connectivity index (χ0v) is 10.9. The van der Waals surface area contributed by atoms with E-state index in [1.807, 2.05) is 17.1 Å². The Balaban J connectivity index is 1.70. The first kappa shape index (κ1) is 12.6. The number of morpholine rings is 1. The zero-order chi connectivity index (χ0) is 13.1.